The molecule has 6 heteroatoms. The summed E-state index contributed by atoms with van der Waals surface area (Å²) < 4.78 is 5.34. The number of amides is 1. The first-order valence-corrected chi connectivity index (χ1v) is 6.41. The van der Waals surface area contributed by atoms with Crippen molar-refractivity contribution in [1.29, 1.82) is 0 Å². The van der Waals surface area contributed by atoms with Gasteiger partial charge in [0.25, 0.3) is 5.91 Å². The van der Waals surface area contributed by atoms with E-state index in [0.29, 0.717) is 24.4 Å². The average Bonchev–Trinajstić information content (AvgIpc) is 3.13. The molecule has 2 aromatic heterocycles. The molecule has 0 saturated carbocycles. The van der Waals surface area contributed by atoms with Crippen molar-refractivity contribution < 1.29 is 9.53 Å². The Bertz CT molecular complexity index is 667. The summed E-state index contributed by atoms with van der Waals surface area (Å²) in [5, 5.41) is 7.46. The van der Waals surface area contributed by atoms with Crippen molar-refractivity contribution in [1.82, 2.24) is 20.1 Å². The number of carbonyl (C=O) groups is 1. The third-order valence-electron chi connectivity index (χ3n) is 3.41. The minimum absolute atomic E-state index is 0.0404. The van der Waals surface area contributed by atoms with Crippen LogP contribution in [0.2, 0.25) is 0 Å². The second-order valence-electron chi connectivity index (χ2n) is 4.69. The second-order valence-corrected chi connectivity index (χ2v) is 4.69. The molecule has 1 atom stereocenters. The number of aromatic nitrogens is 3. The number of H-pyrrole nitrogens is 1. The Morgan fingerprint density at radius 3 is 3.25 bits per heavy atom. The Morgan fingerprint density at radius 2 is 2.50 bits per heavy atom. The minimum atomic E-state index is -0.117. The predicted octanol–water partition coefficient (Wildman–Crippen LogP) is 0.822. The molecular weight excluding hydrogens is 256 g/mol. The van der Waals surface area contributed by atoms with Crippen molar-refractivity contribution in [3.63, 3.8) is 0 Å². The fourth-order valence-corrected chi connectivity index (χ4v) is 2.35. The SMILES string of the molecule is C#CCN(C(=O)c1cnc2[nH]ncc2c1)C1CCOC1. The van der Waals surface area contributed by atoms with Gasteiger partial charge in [-0.3, -0.25) is 9.89 Å². The van der Waals surface area contributed by atoms with Crippen molar-refractivity contribution in [3.8, 4) is 12.3 Å². The highest BCUT2D eigenvalue weighted by Crippen LogP contribution is 2.17. The normalized spacial score (nSPS) is 18.1. The van der Waals surface area contributed by atoms with Gasteiger partial charge in [-0.05, 0) is 12.5 Å². The molecule has 0 radical (unpaired) electrons. The maximum Gasteiger partial charge on any atom is 0.256 e. The molecule has 6 nitrogen and oxygen atoms in total. The number of aromatic amines is 1. The molecule has 102 valence electrons. The van der Waals surface area contributed by atoms with Crippen LogP contribution in [0.5, 0.6) is 0 Å². The van der Waals surface area contributed by atoms with Gasteiger partial charge in [0.15, 0.2) is 5.65 Å². The van der Waals surface area contributed by atoms with Crippen LogP contribution >= 0.6 is 0 Å². The number of ether oxygens (including phenoxy) is 1. The number of fused-ring (bicyclic) bond motifs is 1. The molecule has 3 heterocycles. The summed E-state index contributed by atoms with van der Waals surface area (Å²) in [4.78, 5) is 18.5. The van der Waals surface area contributed by atoms with Crippen LogP contribution in [0, 0.1) is 12.3 Å². The number of carbonyl (C=O) groups excluding carboxylic acids is 1. The van der Waals surface area contributed by atoms with Crippen LogP contribution in [-0.2, 0) is 4.74 Å². The average molecular weight is 270 g/mol. The van der Waals surface area contributed by atoms with E-state index in [9.17, 15) is 4.79 Å². The van der Waals surface area contributed by atoms with E-state index in [1.54, 1.807) is 23.4 Å². The molecule has 1 fully saturated rings. The van der Waals surface area contributed by atoms with E-state index in [-0.39, 0.29) is 18.5 Å². The Labute approximate surface area is 116 Å². The number of pyridine rings is 1. The molecule has 1 amide bonds. The van der Waals surface area contributed by atoms with Crippen LogP contribution in [0.1, 0.15) is 16.8 Å². The molecule has 0 aliphatic carbocycles. The van der Waals surface area contributed by atoms with E-state index in [4.69, 9.17) is 11.2 Å². The molecule has 1 aliphatic heterocycles. The smallest absolute Gasteiger partial charge is 0.256 e. The monoisotopic (exact) mass is 270 g/mol. The van der Waals surface area contributed by atoms with Gasteiger partial charge in [0, 0.05) is 18.2 Å². The van der Waals surface area contributed by atoms with Crippen molar-refractivity contribution in [2.45, 2.75) is 12.5 Å². The molecule has 1 N–H and O–H groups in total. The lowest BCUT2D eigenvalue weighted by atomic mass is 10.1. The fourth-order valence-electron chi connectivity index (χ4n) is 2.35. The first-order valence-electron chi connectivity index (χ1n) is 6.41. The van der Waals surface area contributed by atoms with Crippen LogP contribution in [0.3, 0.4) is 0 Å². The maximum atomic E-state index is 12.6. The fraction of sp³-hybridized carbons (Fsp3) is 0.357. The molecule has 0 aromatic carbocycles. The van der Waals surface area contributed by atoms with Crippen LogP contribution in [0.15, 0.2) is 18.5 Å². The van der Waals surface area contributed by atoms with Gasteiger partial charge < -0.3 is 9.64 Å². The molecule has 1 saturated heterocycles. The highest BCUT2D eigenvalue weighted by molar-refractivity contribution is 5.97. The van der Waals surface area contributed by atoms with Gasteiger partial charge in [-0.15, -0.1) is 6.42 Å². The summed E-state index contributed by atoms with van der Waals surface area (Å²) in [6, 6.07) is 1.81. The molecule has 1 aliphatic rings. The maximum absolute atomic E-state index is 12.6. The third kappa shape index (κ3) is 2.24. The standard InChI is InChI=1S/C14H14N4O2/c1-2-4-18(12-3-5-20-9-12)14(19)11-6-10-8-16-17-13(10)15-7-11/h1,6-8,12H,3-5,9H2,(H,15,16,17). The summed E-state index contributed by atoms with van der Waals surface area (Å²) in [5.74, 6) is 2.42. The Kier molecular flexibility index (Phi) is 3.35. The zero-order valence-corrected chi connectivity index (χ0v) is 10.9. The van der Waals surface area contributed by atoms with E-state index in [1.807, 2.05) is 0 Å². The highest BCUT2D eigenvalue weighted by Gasteiger charge is 2.27. The largest absolute Gasteiger partial charge is 0.379 e. The van der Waals surface area contributed by atoms with E-state index >= 15 is 0 Å². The van der Waals surface area contributed by atoms with Crippen molar-refractivity contribution >= 4 is 16.9 Å². The molecule has 1 unspecified atom stereocenters. The number of hydrogen-bond donors (Lipinski definition) is 1. The number of nitrogens with zero attached hydrogens (tertiary/aromatic N) is 3. The summed E-state index contributed by atoms with van der Waals surface area (Å²) in [6.07, 6.45) is 9.37. The topological polar surface area (TPSA) is 71.1 Å². The summed E-state index contributed by atoms with van der Waals surface area (Å²) in [5.41, 5.74) is 1.18. The number of hydrogen-bond acceptors (Lipinski definition) is 4. The van der Waals surface area contributed by atoms with E-state index in [1.165, 1.54) is 0 Å². The van der Waals surface area contributed by atoms with Crippen LogP contribution in [-0.4, -0.2) is 51.8 Å². The summed E-state index contributed by atoms with van der Waals surface area (Å²) >= 11 is 0. The number of terminal acetylenes is 1. The summed E-state index contributed by atoms with van der Waals surface area (Å²) in [6.45, 7) is 1.48. The Hall–Kier alpha value is -2.39. The van der Waals surface area contributed by atoms with Crippen LogP contribution in [0.25, 0.3) is 11.0 Å². The zero-order chi connectivity index (χ0) is 13.9. The zero-order valence-electron chi connectivity index (χ0n) is 10.9. The van der Waals surface area contributed by atoms with Crippen molar-refractivity contribution in [2.75, 3.05) is 19.8 Å². The van der Waals surface area contributed by atoms with Gasteiger partial charge in [-0.1, -0.05) is 5.92 Å². The highest BCUT2D eigenvalue weighted by atomic mass is 16.5. The van der Waals surface area contributed by atoms with Gasteiger partial charge in [0.1, 0.15) is 0 Å². The van der Waals surface area contributed by atoms with E-state index in [0.717, 1.165) is 11.8 Å². The second kappa shape index (κ2) is 5.31. The Balaban J connectivity index is 1.89. The first-order chi connectivity index (χ1) is 9.79. The van der Waals surface area contributed by atoms with Crippen molar-refractivity contribution in [2.24, 2.45) is 0 Å². The number of nitrogens with one attached hydrogen (secondary N) is 1. The molecule has 0 bridgehead atoms. The molecule has 20 heavy (non-hydrogen) atoms. The van der Waals surface area contributed by atoms with Crippen LogP contribution < -0.4 is 0 Å². The lowest BCUT2D eigenvalue weighted by molar-refractivity contribution is 0.0684. The summed E-state index contributed by atoms with van der Waals surface area (Å²) in [7, 11) is 0. The quantitative estimate of drug-likeness (QED) is 0.838. The van der Waals surface area contributed by atoms with Gasteiger partial charge in [0.05, 0.1) is 31.0 Å². The van der Waals surface area contributed by atoms with Crippen molar-refractivity contribution in [3.05, 3.63) is 24.0 Å². The first kappa shape index (κ1) is 12.6. The number of rotatable bonds is 3. The van der Waals surface area contributed by atoms with Crippen LogP contribution in [0.4, 0.5) is 0 Å². The van der Waals surface area contributed by atoms with E-state index in [2.05, 4.69) is 21.1 Å². The third-order valence-corrected chi connectivity index (χ3v) is 3.41. The lowest BCUT2D eigenvalue weighted by Crippen LogP contribution is -2.41. The van der Waals surface area contributed by atoms with Gasteiger partial charge in [-0.2, -0.15) is 5.10 Å². The Morgan fingerprint density at radius 1 is 1.60 bits per heavy atom. The molecule has 0 spiro atoms. The van der Waals surface area contributed by atoms with Gasteiger partial charge >= 0.3 is 0 Å². The van der Waals surface area contributed by atoms with Gasteiger partial charge in [-0.25, -0.2) is 4.98 Å². The minimum Gasteiger partial charge on any atom is -0.379 e. The van der Waals surface area contributed by atoms with E-state index < -0.39 is 0 Å². The molecular formula is C14H14N4O2. The molecule has 2 aromatic rings. The predicted molar refractivity (Wildman–Crippen MR) is 73.0 cm³/mol. The molecule has 3 rings (SSSR count). The lowest BCUT2D eigenvalue weighted by Gasteiger charge is -2.25. The van der Waals surface area contributed by atoms with Gasteiger partial charge in [0.2, 0.25) is 0 Å².